The molecule has 0 aliphatic heterocycles. The lowest BCUT2D eigenvalue weighted by molar-refractivity contribution is -0.157. The van der Waals surface area contributed by atoms with Crippen LogP contribution in [0.5, 0.6) is 0 Å². The maximum absolute atomic E-state index is 11.9. The van der Waals surface area contributed by atoms with Crippen LogP contribution >= 0.6 is 0 Å². The van der Waals surface area contributed by atoms with Gasteiger partial charge in [-0.15, -0.1) is 0 Å². The van der Waals surface area contributed by atoms with Gasteiger partial charge in [-0.05, 0) is 12.8 Å². The van der Waals surface area contributed by atoms with Crippen LogP contribution in [0.1, 0.15) is 51.4 Å². The van der Waals surface area contributed by atoms with E-state index in [0.29, 0.717) is 12.8 Å². The third-order valence-electron chi connectivity index (χ3n) is 6.49. The molecular formula is C24H30O8. The number of carboxylic acids is 4. The second kappa shape index (κ2) is 10.9. The summed E-state index contributed by atoms with van der Waals surface area (Å²) in [6.07, 6.45) is 16.6. The molecule has 2 aliphatic carbocycles. The lowest BCUT2D eigenvalue weighted by Gasteiger charge is -2.32. The number of carboxylic acid groups (broad SMARTS) is 4. The van der Waals surface area contributed by atoms with E-state index in [-0.39, 0.29) is 12.8 Å². The van der Waals surface area contributed by atoms with E-state index in [1.807, 2.05) is 0 Å². The SMILES string of the molecule is O=C(O)C1C=CC=CC1(CCCCCCCCC1(C(=O)O)C=CC=CC1C(=O)O)C(=O)O. The predicted octanol–water partition coefficient (Wildman–Crippen LogP) is 3.90. The van der Waals surface area contributed by atoms with Gasteiger partial charge in [0.2, 0.25) is 0 Å². The van der Waals surface area contributed by atoms with Gasteiger partial charge >= 0.3 is 23.9 Å². The average Bonchev–Trinajstić information content (AvgIpc) is 2.75. The summed E-state index contributed by atoms with van der Waals surface area (Å²) in [6.45, 7) is 0. The quantitative estimate of drug-likeness (QED) is 0.311. The number of hydrogen-bond donors (Lipinski definition) is 4. The molecule has 8 heteroatoms. The van der Waals surface area contributed by atoms with Crippen LogP contribution in [0, 0.1) is 22.7 Å². The first kappa shape index (κ1) is 25.1. The van der Waals surface area contributed by atoms with Crippen molar-refractivity contribution in [2.45, 2.75) is 51.4 Å². The molecule has 0 radical (unpaired) electrons. The van der Waals surface area contributed by atoms with Crippen LogP contribution in [-0.4, -0.2) is 44.3 Å². The Kier molecular flexibility index (Phi) is 8.57. The molecule has 2 rings (SSSR count). The Labute approximate surface area is 186 Å². The van der Waals surface area contributed by atoms with Crippen molar-refractivity contribution in [2.24, 2.45) is 22.7 Å². The highest BCUT2D eigenvalue weighted by molar-refractivity contribution is 5.88. The van der Waals surface area contributed by atoms with E-state index >= 15 is 0 Å². The topological polar surface area (TPSA) is 149 Å². The van der Waals surface area contributed by atoms with Crippen molar-refractivity contribution in [1.82, 2.24) is 0 Å². The molecule has 0 heterocycles. The van der Waals surface area contributed by atoms with Gasteiger partial charge in [0.25, 0.3) is 0 Å². The molecule has 4 N–H and O–H groups in total. The first-order valence-corrected chi connectivity index (χ1v) is 10.8. The minimum atomic E-state index is -1.44. The molecule has 174 valence electrons. The Bertz CT molecular complexity index is 782. The second-order valence-corrected chi connectivity index (χ2v) is 8.43. The van der Waals surface area contributed by atoms with E-state index in [4.69, 9.17) is 0 Å². The third-order valence-corrected chi connectivity index (χ3v) is 6.49. The molecule has 0 bridgehead atoms. The van der Waals surface area contributed by atoms with Gasteiger partial charge in [0.15, 0.2) is 0 Å². The molecule has 0 saturated heterocycles. The third kappa shape index (κ3) is 5.36. The molecule has 4 atom stereocenters. The number of unbranched alkanes of at least 4 members (excludes halogenated alkanes) is 5. The molecule has 0 aromatic carbocycles. The van der Waals surface area contributed by atoms with E-state index < -0.39 is 46.5 Å². The van der Waals surface area contributed by atoms with Crippen molar-refractivity contribution >= 4 is 23.9 Å². The van der Waals surface area contributed by atoms with E-state index in [1.165, 1.54) is 24.3 Å². The highest BCUT2D eigenvalue weighted by atomic mass is 16.4. The summed E-state index contributed by atoms with van der Waals surface area (Å²) < 4.78 is 0. The van der Waals surface area contributed by atoms with Crippen LogP contribution in [0.3, 0.4) is 0 Å². The van der Waals surface area contributed by atoms with E-state index in [0.717, 1.165) is 25.7 Å². The fourth-order valence-electron chi connectivity index (χ4n) is 4.60. The van der Waals surface area contributed by atoms with Crippen LogP contribution in [-0.2, 0) is 19.2 Å². The maximum Gasteiger partial charge on any atom is 0.314 e. The summed E-state index contributed by atoms with van der Waals surface area (Å²) in [6, 6.07) is 0. The second-order valence-electron chi connectivity index (χ2n) is 8.43. The average molecular weight is 446 g/mol. The van der Waals surface area contributed by atoms with Crippen molar-refractivity contribution in [3.05, 3.63) is 48.6 Å². The zero-order valence-electron chi connectivity index (χ0n) is 17.9. The smallest absolute Gasteiger partial charge is 0.314 e. The highest BCUT2D eigenvalue weighted by Gasteiger charge is 2.47. The summed E-state index contributed by atoms with van der Waals surface area (Å²) in [5.41, 5.74) is -2.89. The molecule has 0 spiro atoms. The molecule has 32 heavy (non-hydrogen) atoms. The number of rotatable bonds is 13. The van der Waals surface area contributed by atoms with Crippen LogP contribution in [0.2, 0.25) is 0 Å². The largest absolute Gasteiger partial charge is 0.481 e. The number of allylic oxidation sites excluding steroid dienone is 4. The summed E-state index contributed by atoms with van der Waals surface area (Å²) in [5.74, 6) is -6.81. The molecular weight excluding hydrogens is 416 g/mol. The van der Waals surface area contributed by atoms with Crippen molar-refractivity contribution in [2.75, 3.05) is 0 Å². The summed E-state index contributed by atoms with van der Waals surface area (Å²) in [4.78, 5) is 46.7. The Balaban J connectivity index is 1.79. The van der Waals surface area contributed by atoms with Crippen molar-refractivity contribution in [1.29, 1.82) is 0 Å². The molecule has 8 nitrogen and oxygen atoms in total. The minimum Gasteiger partial charge on any atom is -0.481 e. The highest BCUT2D eigenvalue weighted by Crippen LogP contribution is 2.41. The number of hydrogen-bond acceptors (Lipinski definition) is 4. The first-order chi connectivity index (χ1) is 15.2. The number of carbonyl (C=O) groups is 4. The van der Waals surface area contributed by atoms with Crippen molar-refractivity contribution < 1.29 is 39.6 Å². The van der Waals surface area contributed by atoms with Gasteiger partial charge in [0.05, 0.1) is 11.8 Å². The van der Waals surface area contributed by atoms with Crippen LogP contribution in [0.4, 0.5) is 0 Å². The standard InChI is InChI=1S/C24H30O8/c25-19(26)17-11-5-9-15-23(17,21(29)30)13-7-3-1-2-4-8-14-24(22(31)32)16-10-6-12-18(24)20(27)28/h5-6,9-12,15-18H,1-4,7-8,13-14H2,(H,25,26)(H,27,28)(H,29,30)(H,31,32). The fourth-order valence-corrected chi connectivity index (χ4v) is 4.60. The Morgan fingerprint density at radius 2 is 0.906 bits per heavy atom. The molecule has 0 aromatic rings. The molecule has 0 saturated carbocycles. The van der Waals surface area contributed by atoms with Crippen LogP contribution < -0.4 is 0 Å². The monoisotopic (exact) mass is 446 g/mol. The van der Waals surface area contributed by atoms with Crippen molar-refractivity contribution in [3.8, 4) is 0 Å². The summed E-state index contributed by atoms with van der Waals surface area (Å²) in [7, 11) is 0. The van der Waals surface area contributed by atoms with Crippen LogP contribution in [0.15, 0.2) is 48.6 Å². The summed E-state index contributed by atoms with van der Waals surface area (Å²) >= 11 is 0. The zero-order chi connectivity index (χ0) is 23.8. The van der Waals surface area contributed by atoms with E-state index in [1.54, 1.807) is 24.3 Å². The van der Waals surface area contributed by atoms with E-state index in [2.05, 4.69) is 0 Å². The maximum atomic E-state index is 11.9. The number of aliphatic carboxylic acids is 4. The molecule has 2 aliphatic rings. The molecule has 0 amide bonds. The lowest BCUT2D eigenvalue weighted by atomic mass is 9.69. The van der Waals surface area contributed by atoms with Gasteiger partial charge < -0.3 is 20.4 Å². The van der Waals surface area contributed by atoms with Gasteiger partial charge in [0.1, 0.15) is 10.8 Å². The van der Waals surface area contributed by atoms with Crippen molar-refractivity contribution in [3.63, 3.8) is 0 Å². The van der Waals surface area contributed by atoms with Gasteiger partial charge in [0, 0.05) is 0 Å². The molecule has 0 aromatic heterocycles. The normalized spacial score (nSPS) is 28.5. The van der Waals surface area contributed by atoms with Gasteiger partial charge in [-0.25, -0.2) is 0 Å². The van der Waals surface area contributed by atoms with E-state index in [9.17, 15) is 39.6 Å². The van der Waals surface area contributed by atoms with Gasteiger partial charge in [-0.1, -0.05) is 87.1 Å². The zero-order valence-corrected chi connectivity index (χ0v) is 17.9. The summed E-state index contributed by atoms with van der Waals surface area (Å²) in [5, 5.41) is 38.2. The Morgan fingerprint density at radius 3 is 1.22 bits per heavy atom. The first-order valence-electron chi connectivity index (χ1n) is 10.8. The Morgan fingerprint density at radius 1 is 0.562 bits per heavy atom. The lowest BCUT2D eigenvalue weighted by Crippen LogP contribution is -2.41. The van der Waals surface area contributed by atoms with Gasteiger partial charge in [-0.2, -0.15) is 0 Å². The van der Waals surface area contributed by atoms with Gasteiger partial charge in [-0.3, -0.25) is 19.2 Å². The van der Waals surface area contributed by atoms with Crippen LogP contribution in [0.25, 0.3) is 0 Å². The minimum absolute atomic E-state index is 0.222. The fraction of sp³-hybridized carbons (Fsp3) is 0.500. The predicted molar refractivity (Wildman–Crippen MR) is 116 cm³/mol. The molecule has 4 unspecified atom stereocenters. The Hall–Kier alpha value is -3.16. The molecule has 0 fully saturated rings.